The van der Waals surface area contributed by atoms with E-state index >= 15 is 0 Å². The topological polar surface area (TPSA) is 79.3 Å². The van der Waals surface area contributed by atoms with Crippen molar-refractivity contribution >= 4 is 17.5 Å². The van der Waals surface area contributed by atoms with Gasteiger partial charge in [-0.15, -0.1) is 0 Å². The minimum atomic E-state index is -0.180. The second kappa shape index (κ2) is 8.59. The fraction of sp³-hybridized carbons (Fsp3) is 0.320. The molecular weight excluding hydrogens is 402 g/mol. The van der Waals surface area contributed by atoms with Crippen LogP contribution in [0.3, 0.4) is 0 Å². The highest BCUT2D eigenvalue weighted by Gasteiger charge is 2.27. The van der Waals surface area contributed by atoms with Crippen LogP contribution in [0.1, 0.15) is 50.5 Å². The maximum absolute atomic E-state index is 12.9. The van der Waals surface area contributed by atoms with Crippen LogP contribution in [0.2, 0.25) is 0 Å². The zero-order chi connectivity index (χ0) is 22.1. The number of rotatable bonds is 6. The van der Waals surface area contributed by atoms with E-state index < -0.39 is 0 Å². The predicted octanol–water partition coefficient (Wildman–Crippen LogP) is 3.12. The van der Waals surface area contributed by atoms with Crippen molar-refractivity contribution in [2.45, 2.75) is 38.4 Å². The third kappa shape index (κ3) is 4.43. The maximum atomic E-state index is 12.9. The summed E-state index contributed by atoms with van der Waals surface area (Å²) >= 11 is 0. The SMILES string of the molecule is Cn1nc(C(=O)Nc2ccccc2)c2c1CCN(Cc1ccc(C(=O)NC3CC3)cc1)C2. The average Bonchev–Trinajstić information content (AvgIpc) is 3.56. The molecule has 0 bridgehead atoms. The quantitative estimate of drug-likeness (QED) is 0.631. The average molecular weight is 430 g/mol. The number of para-hydroxylation sites is 1. The van der Waals surface area contributed by atoms with E-state index in [-0.39, 0.29) is 11.8 Å². The second-order valence-corrected chi connectivity index (χ2v) is 8.62. The molecule has 7 heteroatoms. The number of fused-ring (bicyclic) bond motifs is 1. The van der Waals surface area contributed by atoms with Crippen LogP contribution >= 0.6 is 0 Å². The summed E-state index contributed by atoms with van der Waals surface area (Å²) in [6.07, 6.45) is 3.01. The van der Waals surface area contributed by atoms with Gasteiger partial charge in [-0.05, 0) is 42.7 Å². The van der Waals surface area contributed by atoms with Gasteiger partial charge in [0.2, 0.25) is 0 Å². The Kier molecular flexibility index (Phi) is 5.49. The molecule has 0 saturated heterocycles. The smallest absolute Gasteiger partial charge is 0.276 e. The van der Waals surface area contributed by atoms with Gasteiger partial charge in [-0.2, -0.15) is 5.10 Å². The number of aromatic nitrogens is 2. The molecule has 32 heavy (non-hydrogen) atoms. The molecule has 3 aromatic rings. The molecule has 5 rings (SSSR count). The Morgan fingerprint density at radius 3 is 2.50 bits per heavy atom. The molecule has 1 aromatic heterocycles. The van der Waals surface area contributed by atoms with Gasteiger partial charge >= 0.3 is 0 Å². The lowest BCUT2D eigenvalue weighted by atomic mass is 10.0. The van der Waals surface area contributed by atoms with Crippen molar-refractivity contribution in [3.05, 3.63) is 82.7 Å². The summed E-state index contributed by atoms with van der Waals surface area (Å²) in [6, 6.07) is 17.6. The number of hydrogen-bond donors (Lipinski definition) is 2. The van der Waals surface area contributed by atoms with Gasteiger partial charge in [0.1, 0.15) is 0 Å². The van der Waals surface area contributed by atoms with Crippen molar-refractivity contribution in [1.29, 1.82) is 0 Å². The van der Waals surface area contributed by atoms with Gasteiger partial charge in [0, 0.05) is 61.7 Å². The number of carbonyl (C=O) groups excluding carboxylic acids is 2. The van der Waals surface area contributed by atoms with Crippen LogP contribution in [-0.2, 0) is 26.6 Å². The minimum Gasteiger partial charge on any atom is -0.349 e. The number of amides is 2. The molecule has 164 valence electrons. The van der Waals surface area contributed by atoms with Gasteiger partial charge in [0.25, 0.3) is 11.8 Å². The number of carbonyl (C=O) groups is 2. The van der Waals surface area contributed by atoms with E-state index in [2.05, 4.69) is 20.6 Å². The van der Waals surface area contributed by atoms with Crippen LogP contribution in [0.15, 0.2) is 54.6 Å². The zero-order valence-electron chi connectivity index (χ0n) is 18.2. The van der Waals surface area contributed by atoms with E-state index in [1.807, 2.05) is 66.3 Å². The molecule has 1 fully saturated rings. The third-order valence-electron chi connectivity index (χ3n) is 6.10. The molecular formula is C25H27N5O2. The fourth-order valence-corrected chi connectivity index (χ4v) is 4.19. The van der Waals surface area contributed by atoms with E-state index in [1.165, 1.54) is 0 Å². The van der Waals surface area contributed by atoms with Gasteiger partial charge in [0.05, 0.1) is 0 Å². The zero-order valence-corrected chi connectivity index (χ0v) is 18.2. The number of aryl methyl sites for hydroxylation is 1. The molecule has 2 N–H and O–H groups in total. The minimum absolute atomic E-state index is 0.00564. The van der Waals surface area contributed by atoms with Crippen LogP contribution < -0.4 is 10.6 Å². The van der Waals surface area contributed by atoms with E-state index in [4.69, 9.17) is 0 Å². The van der Waals surface area contributed by atoms with Crippen LogP contribution in [0.5, 0.6) is 0 Å². The number of nitrogens with one attached hydrogen (secondary N) is 2. The highest BCUT2D eigenvalue weighted by atomic mass is 16.2. The Labute approximate surface area is 187 Å². The Morgan fingerprint density at radius 2 is 1.78 bits per heavy atom. The van der Waals surface area contributed by atoms with Gasteiger partial charge < -0.3 is 10.6 Å². The first kappa shape index (κ1) is 20.5. The molecule has 2 heterocycles. The monoisotopic (exact) mass is 429 g/mol. The molecule has 0 unspecified atom stereocenters. The summed E-state index contributed by atoms with van der Waals surface area (Å²) in [5.74, 6) is -0.174. The second-order valence-electron chi connectivity index (χ2n) is 8.62. The molecule has 0 atom stereocenters. The first-order chi connectivity index (χ1) is 15.6. The van der Waals surface area contributed by atoms with E-state index in [0.29, 0.717) is 23.8 Å². The Morgan fingerprint density at radius 1 is 1.03 bits per heavy atom. The molecule has 0 radical (unpaired) electrons. The maximum Gasteiger partial charge on any atom is 0.276 e. The van der Waals surface area contributed by atoms with E-state index in [9.17, 15) is 9.59 Å². The van der Waals surface area contributed by atoms with Crippen LogP contribution in [0.4, 0.5) is 5.69 Å². The van der Waals surface area contributed by atoms with Gasteiger partial charge in [0.15, 0.2) is 5.69 Å². The van der Waals surface area contributed by atoms with Crippen molar-refractivity contribution < 1.29 is 9.59 Å². The van der Waals surface area contributed by atoms with Crippen LogP contribution in [0.25, 0.3) is 0 Å². The normalized spacial score (nSPS) is 15.8. The van der Waals surface area contributed by atoms with Gasteiger partial charge in [-0.3, -0.25) is 19.2 Å². The Bertz CT molecular complexity index is 1130. The van der Waals surface area contributed by atoms with Crippen LogP contribution in [0, 0.1) is 0 Å². The Hall–Kier alpha value is -3.45. The summed E-state index contributed by atoms with van der Waals surface area (Å²) in [5, 5.41) is 10.5. The number of benzene rings is 2. The summed E-state index contributed by atoms with van der Waals surface area (Å²) in [5.41, 5.74) is 5.21. The summed E-state index contributed by atoms with van der Waals surface area (Å²) < 4.78 is 1.83. The summed E-state index contributed by atoms with van der Waals surface area (Å²) in [6.45, 7) is 2.33. The first-order valence-electron chi connectivity index (χ1n) is 11.1. The van der Waals surface area contributed by atoms with E-state index in [1.54, 1.807) is 0 Å². The molecule has 2 aliphatic rings. The molecule has 2 aromatic carbocycles. The van der Waals surface area contributed by atoms with E-state index in [0.717, 1.165) is 54.9 Å². The molecule has 7 nitrogen and oxygen atoms in total. The lowest BCUT2D eigenvalue weighted by Crippen LogP contribution is -2.31. The fourth-order valence-electron chi connectivity index (χ4n) is 4.19. The molecule has 1 aliphatic heterocycles. The highest BCUT2D eigenvalue weighted by molar-refractivity contribution is 6.04. The highest BCUT2D eigenvalue weighted by Crippen LogP contribution is 2.25. The van der Waals surface area contributed by atoms with Crippen molar-refractivity contribution in [3.8, 4) is 0 Å². The predicted molar refractivity (Wildman–Crippen MR) is 122 cm³/mol. The van der Waals surface area contributed by atoms with Gasteiger partial charge in [-0.25, -0.2) is 0 Å². The number of hydrogen-bond acceptors (Lipinski definition) is 4. The number of nitrogens with zero attached hydrogens (tertiary/aromatic N) is 3. The molecule has 0 spiro atoms. The summed E-state index contributed by atoms with van der Waals surface area (Å²) in [7, 11) is 1.90. The number of anilines is 1. The van der Waals surface area contributed by atoms with Crippen molar-refractivity contribution in [2.75, 3.05) is 11.9 Å². The largest absolute Gasteiger partial charge is 0.349 e. The van der Waals surface area contributed by atoms with Crippen molar-refractivity contribution in [1.82, 2.24) is 20.0 Å². The standard InChI is InChI=1S/C25H27N5O2/c1-29-22-13-14-30(15-17-7-9-18(10-8-17)24(31)26-20-11-12-20)16-21(22)23(28-29)25(32)27-19-5-3-2-4-6-19/h2-10,20H,11-16H2,1H3,(H,26,31)(H,27,32). The molecule has 1 saturated carbocycles. The van der Waals surface area contributed by atoms with Crippen molar-refractivity contribution in [3.63, 3.8) is 0 Å². The summed E-state index contributed by atoms with van der Waals surface area (Å²) in [4.78, 5) is 27.4. The molecule has 1 aliphatic carbocycles. The van der Waals surface area contributed by atoms with Crippen molar-refractivity contribution in [2.24, 2.45) is 7.05 Å². The first-order valence-corrected chi connectivity index (χ1v) is 11.1. The van der Waals surface area contributed by atoms with Gasteiger partial charge in [-0.1, -0.05) is 30.3 Å². The Balaban J connectivity index is 1.27. The molecule has 2 amide bonds. The third-order valence-corrected chi connectivity index (χ3v) is 6.10. The van der Waals surface area contributed by atoms with Crippen LogP contribution in [-0.4, -0.2) is 39.1 Å². The lowest BCUT2D eigenvalue weighted by Gasteiger charge is -2.27. The lowest BCUT2D eigenvalue weighted by molar-refractivity contribution is 0.0950.